The summed E-state index contributed by atoms with van der Waals surface area (Å²) in [6.07, 6.45) is 1.21. The van der Waals surface area contributed by atoms with Crippen LogP contribution in [0.15, 0.2) is 18.2 Å². The second kappa shape index (κ2) is 7.05. The normalized spacial score (nSPS) is 27.2. The Bertz CT molecular complexity index is 581. The molecule has 0 radical (unpaired) electrons. The van der Waals surface area contributed by atoms with E-state index in [4.69, 9.17) is 4.74 Å². The van der Waals surface area contributed by atoms with E-state index in [-0.39, 0.29) is 18.1 Å². The van der Waals surface area contributed by atoms with Crippen molar-refractivity contribution >= 4 is 17.8 Å². The van der Waals surface area contributed by atoms with Crippen molar-refractivity contribution in [3.63, 3.8) is 0 Å². The van der Waals surface area contributed by atoms with Crippen LogP contribution >= 0.6 is 11.8 Å². The molecule has 0 bridgehead atoms. The van der Waals surface area contributed by atoms with E-state index in [1.807, 2.05) is 11.8 Å². The molecule has 0 aromatic heterocycles. The van der Waals surface area contributed by atoms with Gasteiger partial charge in [0.15, 0.2) is 11.6 Å². The molecule has 2 amide bonds. The number of nitrogens with one attached hydrogen (secondary N) is 1. The van der Waals surface area contributed by atoms with Gasteiger partial charge in [0.1, 0.15) is 6.10 Å². The Kier molecular flexibility index (Phi) is 5.06. The van der Waals surface area contributed by atoms with Crippen LogP contribution < -0.4 is 5.32 Å². The maximum absolute atomic E-state index is 13.4. The number of thioether (sulfide) groups is 1. The first-order valence-electron chi connectivity index (χ1n) is 7.74. The molecule has 2 saturated heterocycles. The minimum atomic E-state index is -0.900. The average molecular weight is 342 g/mol. The topological polar surface area (TPSA) is 41.6 Å². The number of nitrogens with zero attached hydrogens (tertiary/aromatic N) is 1. The van der Waals surface area contributed by atoms with Crippen molar-refractivity contribution in [1.29, 1.82) is 0 Å². The number of rotatable bonds is 3. The van der Waals surface area contributed by atoms with Crippen molar-refractivity contribution in [2.24, 2.45) is 0 Å². The van der Waals surface area contributed by atoms with Gasteiger partial charge in [0.25, 0.3) is 0 Å². The average Bonchev–Trinajstić information content (AvgIpc) is 3.20. The van der Waals surface area contributed by atoms with Gasteiger partial charge in [0, 0.05) is 25.4 Å². The standard InChI is InChI=1S/C16H20F2N2O2S/c1-20(11-5-7-23-9-11)16(21)19-14-4-6-22-15(14)10-2-3-12(17)13(18)8-10/h2-3,8,11,14-15H,4-7,9H2,1H3,(H,19,21)/t11-,14-,15+/m1/s1. The molecule has 7 heteroatoms. The van der Waals surface area contributed by atoms with Crippen LogP contribution in [-0.2, 0) is 4.74 Å². The molecule has 1 aromatic carbocycles. The van der Waals surface area contributed by atoms with Gasteiger partial charge in [0.05, 0.1) is 6.04 Å². The maximum Gasteiger partial charge on any atom is 0.317 e. The van der Waals surface area contributed by atoms with Crippen molar-refractivity contribution in [2.75, 3.05) is 25.2 Å². The zero-order chi connectivity index (χ0) is 16.4. The molecule has 0 spiro atoms. The summed E-state index contributed by atoms with van der Waals surface area (Å²) in [4.78, 5) is 14.1. The van der Waals surface area contributed by atoms with Crippen LogP contribution in [-0.4, -0.2) is 48.2 Å². The fraction of sp³-hybridized carbons (Fsp3) is 0.562. The highest BCUT2D eigenvalue weighted by Crippen LogP contribution is 2.30. The van der Waals surface area contributed by atoms with Crippen molar-refractivity contribution in [1.82, 2.24) is 10.2 Å². The number of urea groups is 1. The van der Waals surface area contributed by atoms with Gasteiger partial charge in [0.2, 0.25) is 0 Å². The van der Waals surface area contributed by atoms with E-state index < -0.39 is 17.7 Å². The third-order valence-electron chi connectivity index (χ3n) is 4.45. The van der Waals surface area contributed by atoms with E-state index in [1.165, 1.54) is 6.07 Å². The summed E-state index contributed by atoms with van der Waals surface area (Å²) in [5, 5.41) is 2.97. The van der Waals surface area contributed by atoms with Gasteiger partial charge < -0.3 is 15.0 Å². The molecule has 2 aliphatic rings. The van der Waals surface area contributed by atoms with Crippen LogP contribution in [0.25, 0.3) is 0 Å². The first-order chi connectivity index (χ1) is 11.1. The van der Waals surface area contributed by atoms with E-state index in [0.717, 1.165) is 30.1 Å². The number of carbonyl (C=O) groups excluding carboxylic acids is 1. The largest absolute Gasteiger partial charge is 0.371 e. The summed E-state index contributed by atoms with van der Waals surface area (Å²) in [5.41, 5.74) is 0.547. The molecule has 0 aliphatic carbocycles. The second-order valence-electron chi connectivity index (χ2n) is 5.94. The molecule has 0 unspecified atom stereocenters. The first-order valence-corrected chi connectivity index (χ1v) is 8.89. The lowest BCUT2D eigenvalue weighted by molar-refractivity contribution is 0.0975. The fourth-order valence-corrected chi connectivity index (χ4v) is 4.28. The van der Waals surface area contributed by atoms with Crippen molar-refractivity contribution < 1.29 is 18.3 Å². The second-order valence-corrected chi connectivity index (χ2v) is 7.09. The first kappa shape index (κ1) is 16.5. The Balaban J connectivity index is 1.66. The van der Waals surface area contributed by atoms with Gasteiger partial charge in [-0.1, -0.05) is 6.07 Å². The molecule has 2 aliphatic heterocycles. The summed E-state index contributed by atoms with van der Waals surface area (Å²) < 4.78 is 32.1. The third-order valence-corrected chi connectivity index (χ3v) is 5.59. The van der Waals surface area contributed by atoms with Gasteiger partial charge >= 0.3 is 6.03 Å². The quantitative estimate of drug-likeness (QED) is 0.918. The lowest BCUT2D eigenvalue weighted by atomic mass is 10.0. The minimum Gasteiger partial charge on any atom is -0.371 e. The lowest BCUT2D eigenvalue weighted by Gasteiger charge is -2.27. The van der Waals surface area contributed by atoms with Crippen molar-refractivity contribution in [2.45, 2.75) is 31.0 Å². The highest BCUT2D eigenvalue weighted by molar-refractivity contribution is 7.99. The fourth-order valence-electron chi connectivity index (χ4n) is 3.01. The summed E-state index contributed by atoms with van der Waals surface area (Å²) in [7, 11) is 1.80. The summed E-state index contributed by atoms with van der Waals surface area (Å²) in [6, 6.07) is 3.62. The van der Waals surface area contributed by atoms with Crippen LogP contribution in [0.3, 0.4) is 0 Å². The van der Waals surface area contributed by atoms with E-state index in [0.29, 0.717) is 18.6 Å². The van der Waals surface area contributed by atoms with Crippen LogP contribution in [0.5, 0.6) is 0 Å². The van der Waals surface area contributed by atoms with Gasteiger partial charge in [-0.2, -0.15) is 11.8 Å². The SMILES string of the molecule is CN(C(=O)N[C@@H]1CCO[C@H]1c1ccc(F)c(F)c1)[C@@H]1CCSC1. The summed E-state index contributed by atoms with van der Waals surface area (Å²) in [5.74, 6) is 0.248. The van der Waals surface area contributed by atoms with Crippen LogP contribution in [0, 0.1) is 11.6 Å². The predicted octanol–water partition coefficient (Wildman–Crippen LogP) is 2.94. The lowest BCUT2D eigenvalue weighted by Crippen LogP contribution is -2.48. The number of hydrogen-bond acceptors (Lipinski definition) is 3. The van der Waals surface area contributed by atoms with Crippen LogP contribution in [0.4, 0.5) is 13.6 Å². The summed E-state index contributed by atoms with van der Waals surface area (Å²) >= 11 is 1.85. The highest BCUT2D eigenvalue weighted by atomic mass is 32.2. The predicted molar refractivity (Wildman–Crippen MR) is 85.5 cm³/mol. The Morgan fingerprint density at radius 1 is 1.35 bits per heavy atom. The third kappa shape index (κ3) is 3.61. The Morgan fingerprint density at radius 2 is 2.17 bits per heavy atom. The number of ether oxygens (including phenoxy) is 1. The zero-order valence-corrected chi connectivity index (χ0v) is 13.7. The van der Waals surface area contributed by atoms with Crippen molar-refractivity contribution in [3.05, 3.63) is 35.4 Å². The molecule has 3 rings (SSSR count). The number of hydrogen-bond donors (Lipinski definition) is 1. The maximum atomic E-state index is 13.4. The van der Waals surface area contributed by atoms with E-state index in [2.05, 4.69) is 5.32 Å². The van der Waals surface area contributed by atoms with Gasteiger partial charge in [-0.3, -0.25) is 0 Å². The van der Waals surface area contributed by atoms with Crippen LogP contribution in [0.2, 0.25) is 0 Å². The van der Waals surface area contributed by atoms with E-state index in [1.54, 1.807) is 11.9 Å². The smallest absolute Gasteiger partial charge is 0.317 e. The minimum absolute atomic E-state index is 0.138. The number of benzene rings is 1. The van der Waals surface area contributed by atoms with E-state index in [9.17, 15) is 13.6 Å². The molecular formula is C16H20F2N2O2S. The number of amides is 2. The molecule has 0 saturated carbocycles. The molecule has 1 N–H and O–H groups in total. The number of halogens is 2. The molecule has 126 valence electrons. The Labute approximate surface area is 138 Å². The zero-order valence-electron chi connectivity index (χ0n) is 12.9. The van der Waals surface area contributed by atoms with Crippen LogP contribution in [0.1, 0.15) is 24.5 Å². The van der Waals surface area contributed by atoms with Crippen molar-refractivity contribution in [3.8, 4) is 0 Å². The number of carbonyl (C=O) groups is 1. The molecule has 2 fully saturated rings. The Morgan fingerprint density at radius 3 is 2.87 bits per heavy atom. The molecule has 23 heavy (non-hydrogen) atoms. The molecule has 1 aromatic rings. The molecule has 2 heterocycles. The molecular weight excluding hydrogens is 322 g/mol. The highest BCUT2D eigenvalue weighted by Gasteiger charge is 2.33. The van der Waals surface area contributed by atoms with E-state index >= 15 is 0 Å². The monoisotopic (exact) mass is 342 g/mol. The van der Waals surface area contributed by atoms with Gasteiger partial charge in [-0.05, 0) is 36.3 Å². The Hall–Kier alpha value is -1.34. The van der Waals surface area contributed by atoms with Gasteiger partial charge in [-0.25, -0.2) is 13.6 Å². The molecule has 4 nitrogen and oxygen atoms in total. The summed E-state index contributed by atoms with van der Waals surface area (Å²) in [6.45, 7) is 0.484. The molecule has 3 atom stereocenters. The van der Waals surface area contributed by atoms with Gasteiger partial charge in [-0.15, -0.1) is 0 Å².